The SMILES string of the molecule is COc1ccc(C2NNCC2C2CC(=O)Oc3cc(O)c4c(=O)c(O)c(-c5ccc(O)c(O)c5)oc4c32)cc1. The lowest BCUT2D eigenvalue weighted by Gasteiger charge is -2.32. The van der Waals surface area contributed by atoms with E-state index in [-0.39, 0.29) is 46.4 Å². The van der Waals surface area contributed by atoms with E-state index in [0.29, 0.717) is 17.9 Å². The Morgan fingerprint density at radius 1 is 0.949 bits per heavy atom. The average Bonchev–Trinajstić information content (AvgIpc) is 3.41. The molecule has 0 amide bonds. The summed E-state index contributed by atoms with van der Waals surface area (Å²) in [6, 6.07) is 12.1. The number of phenolic OH excluding ortho intramolecular Hbond substituents is 3. The maximum Gasteiger partial charge on any atom is 0.311 e. The van der Waals surface area contributed by atoms with Crippen LogP contribution in [0.15, 0.2) is 57.7 Å². The van der Waals surface area contributed by atoms with Crippen LogP contribution in [0.1, 0.15) is 29.5 Å². The van der Waals surface area contributed by atoms with E-state index < -0.39 is 40.3 Å². The van der Waals surface area contributed by atoms with Gasteiger partial charge in [0, 0.05) is 35.6 Å². The zero-order valence-electron chi connectivity index (χ0n) is 20.6. The molecule has 2 aliphatic rings. The highest BCUT2D eigenvalue weighted by atomic mass is 16.5. The molecule has 6 N–H and O–H groups in total. The van der Waals surface area contributed by atoms with Crippen molar-refractivity contribution < 1.29 is 39.1 Å². The van der Waals surface area contributed by atoms with Crippen molar-refractivity contribution in [3.05, 3.63) is 69.9 Å². The highest BCUT2D eigenvalue weighted by Crippen LogP contribution is 2.50. The van der Waals surface area contributed by atoms with Crippen LogP contribution in [0.25, 0.3) is 22.3 Å². The summed E-state index contributed by atoms with van der Waals surface area (Å²) in [5.41, 5.74) is 6.92. The van der Waals surface area contributed by atoms with E-state index in [2.05, 4.69) is 10.9 Å². The number of hydrogen-bond donors (Lipinski definition) is 6. The number of methoxy groups -OCH3 is 1. The number of carbonyl (C=O) groups is 1. The van der Waals surface area contributed by atoms with Crippen LogP contribution in [-0.2, 0) is 4.79 Å². The van der Waals surface area contributed by atoms with Gasteiger partial charge in [-0.15, -0.1) is 0 Å². The monoisotopic (exact) mass is 532 g/mol. The van der Waals surface area contributed by atoms with Crippen molar-refractivity contribution in [2.75, 3.05) is 13.7 Å². The van der Waals surface area contributed by atoms with Gasteiger partial charge in [0.25, 0.3) is 0 Å². The van der Waals surface area contributed by atoms with E-state index in [1.807, 2.05) is 24.3 Å². The molecule has 3 aromatic carbocycles. The third-order valence-electron chi connectivity index (χ3n) is 7.36. The predicted octanol–water partition coefficient (Wildman–Crippen LogP) is 3.15. The molecule has 11 heteroatoms. The molecule has 1 saturated heterocycles. The van der Waals surface area contributed by atoms with Gasteiger partial charge in [-0.3, -0.25) is 15.0 Å². The first-order valence-corrected chi connectivity index (χ1v) is 12.2. The number of phenols is 3. The van der Waals surface area contributed by atoms with Crippen LogP contribution in [0.4, 0.5) is 0 Å². The molecule has 3 atom stereocenters. The van der Waals surface area contributed by atoms with Gasteiger partial charge >= 0.3 is 5.97 Å². The lowest BCUT2D eigenvalue weighted by atomic mass is 9.76. The van der Waals surface area contributed by atoms with Crippen molar-refractivity contribution in [2.24, 2.45) is 5.92 Å². The lowest BCUT2D eigenvalue weighted by Crippen LogP contribution is -2.30. The lowest BCUT2D eigenvalue weighted by molar-refractivity contribution is -0.136. The molecule has 0 saturated carbocycles. The first kappa shape index (κ1) is 24.6. The van der Waals surface area contributed by atoms with Crippen molar-refractivity contribution in [3.8, 4) is 45.8 Å². The van der Waals surface area contributed by atoms with Crippen molar-refractivity contribution in [1.82, 2.24) is 10.9 Å². The number of carbonyl (C=O) groups excluding carboxylic acids is 1. The van der Waals surface area contributed by atoms with Gasteiger partial charge in [-0.05, 0) is 35.9 Å². The molecule has 0 spiro atoms. The highest BCUT2D eigenvalue weighted by Gasteiger charge is 2.43. The Balaban J connectivity index is 1.56. The minimum Gasteiger partial charge on any atom is -0.507 e. The Labute approximate surface area is 220 Å². The van der Waals surface area contributed by atoms with Crippen molar-refractivity contribution in [3.63, 3.8) is 0 Å². The van der Waals surface area contributed by atoms with Crippen molar-refractivity contribution in [1.29, 1.82) is 0 Å². The molecular formula is C28H24N2O9. The zero-order valence-corrected chi connectivity index (χ0v) is 20.6. The second kappa shape index (κ2) is 9.22. The maximum atomic E-state index is 13.3. The minimum absolute atomic E-state index is 0.0204. The third-order valence-corrected chi connectivity index (χ3v) is 7.36. The summed E-state index contributed by atoms with van der Waals surface area (Å²) in [7, 11) is 1.58. The van der Waals surface area contributed by atoms with Crippen LogP contribution in [0.5, 0.6) is 34.5 Å². The molecule has 11 nitrogen and oxygen atoms in total. The summed E-state index contributed by atoms with van der Waals surface area (Å²) in [5.74, 6) is -2.93. The summed E-state index contributed by atoms with van der Waals surface area (Å²) in [4.78, 5) is 26.0. The summed E-state index contributed by atoms with van der Waals surface area (Å²) in [5, 5.41) is 40.9. The molecular weight excluding hydrogens is 508 g/mol. The van der Waals surface area contributed by atoms with E-state index in [0.717, 1.165) is 11.6 Å². The molecule has 3 heterocycles. The molecule has 3 unspecified atom stereocenters. The minimum atomic E-state index is -0.899. The summed E-state index contributed by atoms with van der Waals surface area (Å²) < 4.78 is 16.8. The maximum absolute atomic E-state index is 13.3. The second-order valence-electron chi connectivity index (χ2n) is 9.55. The van der Waals surface area contributed by atoms with Crippen LogP contribution in [0.3, 0.4) is 0 Å². The topological polar surface area (TPSA) is 171 Å². The molecule has 0 radical (unpaired) electrons. The predicted molar refractivity (Wildman–Crippen MR) is 138 cm³/mol. The van der Waals surface area contributed by atoms with Crippen molar-refractivity contribution >= 4 is 16.9 Å². The van der Waals surface area contributed by atoms with Crippen LogP contribution < -0.4 is 25.8 Å². The second-order valence-corrected chi connectivity index (χ2v) is 9.55. The Morgan fingerprint density at radius 2 is 1.72 bits per heavy atom. The van der Waals surface area contributed by atoms with Gasteiger partial charge < -0.3 is 34.3 Å². The Bertz CT molecular complexity index is 1680. The van der Waals surface area contributed by atoms with Gasteiger partial charge in [-0.1, -0.05) is 12.1 Å². The molecule has 4 aromatic rings. The first-order chi connectivity index (χ1) is 18.8. The van der Waals surface area contributed by atoms with Crippen LogP contribution in [0.2, 0.25) is 0 Å². The van der Waals surface area contributed by atoms with Gasteiger partial charge in [0.2, 0.25) is 11.2 Å². The number of fused-ring (bicyclic) bond motifs is 3. The fourth-order valence-corrected chi connectivity index (χ4v) is 5.47. The van der Waals surface area contributed by atoms with Crippen LogP contribution in [-0.4, -0.2) is 40.0 Å². The standard InChI is InChI=1S/C28H24N2O9/c1-37-14-5-2-12(3-6-14)24-16(11-29-30-24)15-9-21(34)38-20-10-19(33)23-25(35)26(36)27(39-28(23)22(15)20)13-4-7-17(31)18(32)8-13/h2-8,10,15-16,24,29-33,36H,9,11H2,1H3. The molecule has 1 aromatic heterocycles. The molecule has 200 valence electrons. The Kier molecular flexibility index (Phi) is 5.82. The smallest absolute Gasteiger partial charge is 0.311 e. The van der Waals surface area contributed by atoms with Crippen molar-refractivity contribution in [2.45, 2.75) is 18.4 Å². The fourth-order valence-electron chi connectivity index (χ4n) is 5.47. The number of benzene rings is 3. The largest absolute Gasteiger partial charge is 0.507 e. The summed E-state index contributed by atoms with van der Waals surface area (Å²) in [6.45, 7) is 0.470. The Hall–Kier alpha value is -4.74. The number of ether oxygens (including phenoxy) is 2. The highest BCUT2D eigenvalue weighted by molar-refractivity contribution is 5.94. The average molecular weight is 533 g/mol. The quantitative estimate of drug-likeness (QED) is 0.130. The zero-order chi connectivity index (χ0) is 27.4. The first-order valence-electron chi connectivity index (χ1n) is 12.2. The number of esters is 1. The molecule has 39 heavy (non-hydrogen) atoms. The summed E-state index contributed by atoms with van der Waals surface area (Å²) >= 11 is 0. The van der Waals surface area contributed by atoms with Gasteiger partial charge in [-0.2, -0.15) is 0 Å². The summed E-state index contributed by atoms with van der Waals surface area (Å²) in [6.07, 6.45) is -0.0204. The number of hydrazine groups is 1. The van der Waals surface area contributed by atoms with Gasteiger partial charge in [-0.25, -0.2) is 5.43 Å². The van der Waals surface area contributed by atoms with Gasteiger partial charge in [0.05, 0.1) is 19.6 Å². The van der Waals surface area contributed by atoms with Crippen LogP contribution in [0, 0.1) is 5.92 Å². The van der Waals surface area contributed by atoms with Crippen LogP contribution >= 0.6 is 0 Å². The van der Waals surface area contributed by atoms with E-state index in [1.54, 1.807) is 7.11 Å². The number of aromatic hydroxyl groups is 4. The molecule has 2 aliphatic heterocycles. The number of nitrogens with one attached hydrogen (secondary N) is 2. The third kappa shape index (κ3) is 3.99. The fraction of sp³-hybridized carbons (Fsp3) is 0.214. The van der Waals surface area contributed by atoms with Gasteiger partial charge in [0.15, 0.2) is 17.3 Å². The van der Waals surface area contributed by atoms with E-state index in [1.165, 1.54) is 18.2 Å². The van der Waals surface area contributed by atoms with E-state index >= 15 is 0 Å². The van der Waals surface area contributed by atoms with E-state index in [4.69, 9.17) is 13.9 Å². The number of rotatable bonds is 4. The molecule has 6 rings (SSSR count). The molecule has 0 aliphatic carbocycles. The molecule has 0 bridgehead atoms. The van der Waals surface area contributed by atoms with Gasteiger partial charge in [0.1, 0.15) is 28.2 Å². The molecule has 1 fully saturated rings. The Morgan fingerprint density at radius 3 is 2.44 bits per heavy atom. The van der Waals surface area contributed by atoms with E-state index in [9.17, 15) is 30.0 Å². The number of hydrogen-bond acceptors (Lipinski definition) is 11. The normalized spacial score (nSPS) is 20.5.